The summed E-state index contributed by atoms with van der Waals surface area (Å²) in [5.74, 6) is -0.134. The number of benzene rings is 1. The van der Waals surface area contributed by atoms with Gasteiger partial charge in [-0.25, -0.2) is 0 Å². The normalized spacial score (nSPS) is 20.0. The van der Waals surface area contributed by atoms with E-state index in [0.717, 1.165) is 18.7 Å². The van der Waals surface area contributed by atoms with Crippen LogP contribution in [0.15, 0.2) is 24.3 Å². The molecule has 1 saturated heterocycles. The maximum atomic E-state index is 10.9. The molecule has 3 nitrogen and oxygen atoms in total. The summed E-state index contributed by atoms with van der Waals surface area (Å²) in [4.78, 5) is 10.9. The van der Waals surface area contributed by atoms with Crippen LogP contribution in [0.25, 0.3) is 0 Å². The van der Waals surface area contributed by atoms with Crippen molar-refractivity contribution in [3.63, 3.8) is 0 Å². The Morgan fingerprint density at radius 2 is 2.06 bits per heavy atom. The molecule has 98 valence electrons. The maximum absolute atomic E-state index is 10.9. The number of rotatable bonds is 4. The topological polar surface area (TPSA) is 49.3 Å². The number of carboxylic acids is 1. The van der Waals surface area contributed by atoms with Crippen molar-refractivity contribution in [3.05, 3.63) is 35.4 Å². The predicted octanol–water partition coefficient (Wildman–Crippen LogP) is 2.52. The molecule has 1 aromatic carbocycles. The van der Waals surface area contributed by atoms with Gasteiger partial charge in [-0.15, -0.1) is 0 Å². The monoisotopic (exact) mass is 247 g/mol. The molecule has 1 heterocycles. The predicted molar refractivity (Wildman–Crippen MR) is 71.9 cm³/mol. The number of hydrogen-bond donors (Lipinski definition) is 2. The van der Waals surface area contributed by atoms with Gasteiger partial charge in [-0.1, -0.05) is 38.1 Å². The van der Waals surface area contributed by atoms with Gasteiger partial charge in [0.1, 0.15) is 0 Å². The molecule has 0 radical (unpaired) electrons. The molecule has 0 saturated carbocycles. The molecule has 1 aromatic rings. The summed E-state index contributed by atoms with van der Waals surface area (Å²) in [5, 5.41) is 12.3. The van der Waals surface area contributed by atoms with Gasteiger partial charge in [0.15, 0.2) is 0 Å². The molecular weight excluding hydrogens is 226 g/mol. The Balaban J connectivity index is 2.13. The fourth-order valence-corrected chi connectivity index (χ4v) is 2.63. The Labute approximate surface area is 108 Å². The van der Waals surface area contributed by atoms with Gasteiger partial charge in [0, 0.05) is 12.0 Å². The van der Waals surface area contributed by atoms with Gasteiger partial charge in [0.05, 0.1) is 6.42 Å². The third-order valence-corrected chi connectivity index (χ3v) is 3.82. The van der Waals surface area contributed by atoms with Crippen molar-refractivity contribution in [2.24, 2.45) is 0 Å². The van der Waals surface area contributed by atoms with Crippen molar-refractivity contribution in [1.29, 1.82) is 0 Å². The van der Waals surface area contributed by atoms with E-state index in [-0.39, 0.29) is 11.8 Å². The molecule has 1 atom stereocenters. The average molecular weight is 247 g/mol. The Kier molecular flexibility index (Phi) is 3.71. The Bertz CT molecular complexity index is 417. The lowest BCUT2D eigenvalue weighted by atomic mass is 9.81. The van der Waals surface area contributed by atoms with Gasteiger partial charge >= 0.3 is 5.97 Å². The lowest BCUT2D eigenvalue weighted by Gasteiger charge is -2.23. The Hall–Kier alpha value is -1.35. The van der Waals surface area contributed by atoms with Gasteiger partial charge in [-0.3, -0.25) is 4.79 Å². The second-order valence-electron chi connectivity index (χ2n) is 5.77. The average Bonchev–Trinajstić information content (AvgIpc) is 2.81. The van der Waals surface area contributed by atoms with Crippen LogP contribution >= 0.6 is 0 Å². The molecule has 0 spiro atoms. The minimum absolute atomic E-state index is 0.164. The van der Waals surface area contributed by atoms with Crippen LogP contribution in [0.4, 0.5) is 0 Å². The number of carbonyl (C=O) groups is 1. The molecule has 0 aliphatic carbocycles. The molecule has 1 aliphatic rings. The highest BCUT2D eigenvalue weighted by Gasteiger charge is 2.24. The van der Waals surface area contributed by atoms with Crippen LogP contribution in [0.3, 0.4) is 0 Å². The van der Waals surface area contributed by atoms with Gasteiger partial charge in [-0.05, 0) is 30.0 Å². The molecule has 0 amide bonds. The first-order valence-electron chi connectivity index (χ1n) is 6.52. The SMILES string of the molecule is CC(C)(CC(=O)O)c1ccc(C2CCNC2)cc1. The van der Waals surface area contributed by atoms with E-state index in [9.17, 15) is 4.79 Å². The molecule has 2 N–H and O–H groups in total. The second kappa shape index (κ2) is 5.11. The Morgan fingerprint density at radius 3 is 2.56 bits per heavy atom. The van der Waals surface area contributed by atoms with Crippen LogP contribution in [-0.4, -0.2) is 24.2 Å². The highest BCUT2D eigenvalue weighted by molar-refractivity contribution is 5.68. The van der Waals surface area contributed by atoms with E-state index in [1.165, 1.54) is 12.0 Å². The largest absolute Gasteiger partial charge is 0.481 e. The fraction of sp³-hybridized carbons (Fsp3) is 0.533. The molecule has 1 unspecified atom stereocenters. The van der Waals surface area contributed by atoms with Crippen molar-refractivity contribution in [1.82, 2.24) is 5.32 Å². The Morgan fingerprint density at radius 1 is 1.39 bits per heavy atom. The summed E-state index contributed by atoms with van der Waals surface area (Å²) in [6.45, 7) is 6.11. The molecule has 0 aromatic heterocycles. The number of carboxylic acid groups (broad SMARTS) is 1. The standard InChI is InChI=1S/C15H21NO2/c1-15(2,9-14(17)18)13-5-3-11(4-6-13)12-7-8-16-10-12/h3-6,12,16H,7-10H2,1-2H3,(H,17,18). The minimum atomic E-state index is -0.746. The number of aliphatic carboxylic acids is 1. The quantitative estimate of drug-likeness (QED) is 0.859. The van der Waals surface area contributed by atoms with E-state index >= 15 is 0 Å². The molecule has 1 fully saturated rings. The third kappa shape index (κ3) is 2.91. The van der Waals surface area contributed by atoms with Gasteiger partial charge < -0.3 is 10.4 Å². The fourth-order valence-electron chi connectivity index (χ4n) is 2.63. The van der Waals surface area contributed by atoms with E-state index < -0.39 is 5.97 Å². The van der Waals surface area contributed by atoms with Crippen molar-refractivity contribution in [2.75, 3.05) is 13.1 Å². The first kappa shape index (κ1) is 13.1. The first-order chi connectivity index (χ1) is 8.49. The van der Waals surface area contributed by atoms with Crippen LogP contribution < -0.4 is 5.32 Å². The van der Waals surface area contributed by atoms with E-state index in [4.69, 9.17) is 5.11 Å². The van der Waals surface area contributed by atoms with E-state index in [1.807, 2.05) is 13.8 Å². The minimum Gasteiger partial charge on any atom is -0.481 e. The van der Waals surface area contributed by atoms with Gasteiger partial charge in [0.25, 0.3) is 0 Å². The highest BCUT2D eigenvalue weighted by Crippen LogP contribution is 2.29. The summed E-state index contributed by atoms with van der Waals surface area (Å²) in [7, 11) is 0. The molecule has 1 aliphatic heterocycles. The van der Waals surface area contributed by atoms with Gasteiger partial charge in [0.2, 0.25) is 0 Å². The second-order valence-corrected chi connectivity index (χ2v) is 5.77. The van der Waals surface area contributed by atoms with E-state index in [2.05, 4.69) is 29.6 Å². The number of hydrogen-bond acceptors (Lipinski definition) is 2. The summed E-state index contributed by atoms with van der Waals surface area (Å²) in [6, 6.07) is 8.46. The van der Waals surface area contributed by atoms with Crippen molar-refractivity contribution < 1.29 is 9.90 Å². The summed E-state index contributed by atoms with van der Waals surface area (Å²) in [5.41, 5.74) is 2.15. The lowest BCUT2D eigenvalue weighted by Crippen LogP contribution is -2.21. The van der Waals surface area contributed by atoms with E-state index in [1.54, 1.807) is 0 Å². The summed E-state index contributed by atoms with van der Waals surface area (Å²) < 4.78 is 0. The van der Waals surface area contributed by atoms with E-state index in [0.29, 0.717) is 5.92 Å². The molecule has 2 rings (SSSR count). The van der Waals surface area contributed by atoms with Crippen LogP contribution in [0.2, 0.25) is 0 Å². The summed E-state index contributed by atoms with van der Waals surface area (Å²) in [6.07, 6.45) is 1.36. The van der Waals surface area contributed by atoms with Gasteiger partial charge in [-0.2, -0.15) is 0 Å². The summed E-state index contributed by atoms with van der Waals surface area (Å²) >= 11 is 0. The van der Waals surface area contributed by atoms with Crippen LogP contribution in [0, 0.1) is 0 Å². The smallest absolute Gasteiger partial charge is 0.304 e. The third-order valence-electron chi connectivity index (χ3n) is 3.82. The molecule has 0 bridgehead atoms. The number of nitrogens with one attached hydrogen (secondary N) is 1. The molecular formula is C15H21NO2. The van der Waals surface area contributed by atoms with Crippen LogP contribution in [0.5, 0.6) is 0 Å². The van der Waals surface area contributed by atoms with Crippen molar-refractivity contribution >= 4 is 5.97 Å². The van der Waals surface area contributed by atoms with Crippen molar-refractivity contribution in [2.45, 2.75) is 38.0 Å². The van der Waals surface area contributed by atoms with Crippen LogP contribution in [-0.2, 0) is 10.2 Å². The van der Waals surface area contributed by atoms with Crippen LogP contribution in [0.1, 0.15) is 43.7 Å². The maximum Gasteiger partial charge on any atom is 0.304 e. The zero-order chi connectivity index (χ0) is 13.2. The zero-order valence-electron chi connectivity index (χ0n) is 11.1. The zero-order valence-corrected chi connectivity index (χ0v) is 11.1. The lowest BCUT2D eigenvalue weighted by molar-refractivity contribution is -0.138. The van der Waals surface area contributed by atoms with Crippen molar-refractivity contribution in [3.8, 4) is 0 Å². The molecule has 3 heteroatoms. The highest BCUT2D eigenvalue weighted by atomic mass is 16.4. The molecule has 18 heavy (non-hydrogen) atoms. The first-order valence-corrected chi connectivity index (χ1v) is 6.52.